The van der Waals surface area contributed by atoms with Crippen molar-refractivity contribution in [1.82, 2.24) is 15.3 Å². The number of hydrogen-bond acceptors (Lipinski definition) is 4. The molecule has 0 spiro atoms. The van der Waals surface area contributed by atoms with Crippen molar-refractivity contribution in [1.29, 1.82) is 0 Å². The van der Waals surface area contributed by atoms with Crippen molar-refractivity contribution < 1.29 is 9.59 Å². The molecule has 6 heteroatoms. The third-order valence-corrected chi connectivity index (χ3v) is 4.19. The molecule has 3 rings (SSSR count). The molecule has 0 aliphatic rings. The Balaban J connectivity index is 1.73. The van der Waals surface area contributed by atoms with Crippen LogP contribution in [0.2, 0.25) is 0 Å². The van der Waals surface area contributed by atoms with Gasteiger partial charge in [0.25, 0.3) is 5.91 Å². The van der Waals surface area contributed by atoms with Crippen molar-refractivity contribution in [2.45, 2.75) is 27.2 Å². The Kier molecular flexibility index (Phi) is 4.93. The lowest BCUT2D eigenvalue weighted by atomic mass is 10.0. The number of urea groups is 1. The molecule has 2 N–H and O–H groups in total. The summed E-state index contributed by atoms with van der Waals surface area (Å²) < 4.78 is 0. The first-order valence-corrected chi connectivity index (χ1v) is 8.42. The number of hydrogen-bond donors (Lipinski definition) is 2. The minimum Gasteiger partial charge on any atom is -0.291 e. The second-order valence-electron chi connectivity index (χ2n) is 6.11. The number of aromatic nitrogens is 2. The van der Waals surface area contributed by atoms with Gasteiger partial charge in [-0.25, -0.2) is 9.78 Å². The molecule has 0 saturated carbocycles. The zero-order chi connectivity index (χ0) is 18.7. The molecule has 132 valence electrons. The van der Waals surface area contributed by atoms with Crippen LogP contribution < -0.4 is 10.6 Å². The van der Waals surface area contributed by atoms with Crippen molar-refractivity contribution in [3.05, 3.63) is 64.8 Å². The number of rotatable bonds is 3. The number of nitrogens with one attached hydrogen (secondary N) is 2. The second-order valence-corrected chi connectivity index (χ2v) is 6.11. The molecule has 2 aromatic carbocycles. The fourth-order valence-electron chi connectivity index (χ4n) is 2.82. The maximum absolute atomic E-state index is 12.4. The predicted molar refractivity (Wildman–Crippen MR) is 101 cm³/mol. The van der Waals surface area contributed by atoms with Gasteiger partial charge in [0, 0.05) is 5.56 Å². The molecule has 0 fully saturated rings. The van der Waals surface area contributed by atoms with Crippen molar-refractivity contribution in [2.24, 2.45) is 0 Å². The SMILES string of the molecule is CCc1ccc2nc(NC(=O)NC(=O)c3c(C)cccc3C)cnc2c1. The van der Waals surface area contributed by atoms with Crippen LogP contribution in [0.3, 0.4) is 0 Å². The molecule has 0 radical (unpaired) electrons. The van der Waals surface area contributed by atoms with Crippen LogP contribution in [0.1, 0.15) is 34.0 Å². The Labute approximate surface area is 151 Å². The fraction of sp³-hybridized carbons (Fsp3) is 0.200. The van der Waals surface area contributed by atoms with Crippen molar-refractivity contribution in [2.75, 3.05) is 5.32 Å². The third-order valence-electron chi connectivity index (χ3n) is 4.19. The summed E-state index contributed by atoms with van der Waals surface area (Å²) in [4.78, 5) is 33.2. The number of amides is 3. The van der Waals surface area contributed by atoms with E-state index in [0.717, 1.165) is 23.1 Å². The van der Waals surface area contributed by atoms with Crippen LogP contribution in [0.5, 0.6) is 0 Å². The van der Waals surface area contributed by atoms with Gasteiger partial charge >= 0.3 is 6.03 Å². The molecule has 0 bridgehead atoms. The number of carbonyl (C=O) groups is 2. The van der Waals surface area contributed by atoms with Gasteiger partial charge in [0.1, 0.15) is 0 Å². The normalized spacial score (nSPS) is 10.6. The molecule has 1 aromatic heterocycles. The largest absolute Gasteiger partial charge is 0.327 e. The second kappa shape index (κ2) is 7.31. The first-order chi connectivity index (χ1) is 12.5. The number of benzene rings is 2. The van der Waals surface area contributed by atoms with E-state index in [0.29, 0.717) is 11.1 Å². The monoisotopic (exact) mass is 348 g/mol. The van der Waals surface area contributed by atoms with Crippen LogP contribution in [-0.4, -0.2) is 21.9 Å². The zero-order valence-electron chi connectivity index (χ0n) is 15.0. The van der Waals surface area contributed by atoms with Crippen LogP contribution in [0.25, 0.3) is 11.0 Å². The van der Waals surface area contributed by atoms with E-state index in [1.807, 2.05) is 50.2 Å². The molecule has 0 aliphatic heterocycles. The van der Waals surface area contributed by atoms with E-state index in [-0.39, 0.29) is 5.82 Å². The minimum atomic E-state index is -0.642. The van der Waals surface area contributed by atoms with Gasteiger partial charge < -0.3 is 0 Å². The van der Waals surface area contributed by atoms with Gasteiger partial charge in [-0.3, -0.25) is 20.4 Å². The molecule has 1 heterocycles. The molecule has 26 heavy (non-hydrogen) atoms. The Morgan fingerprint density at radius 3 is 2.46 bits per heavy atom. The Hall–Kier alpha value is -3.28. The zero-order valence-corrected chi connectivity index (χ0v) is 15.0. The van der Waals surface area contributed by atoms with Gasteiger partial charge in [0.2, 0.25) is 0 Å². The summed E-state index contributed by atoms with van der Waals surface area (Å²) in [6.07, 6.45) is 2.39. The van der Waals surface area contributed by atoms with Crippen LogP contribution >= 0.6 is 0 Å². The maximum atomic E-state index is 12.4. The summed E-state index contributed by atoms with van der Waals surface area (Å²) in [5.74, 6) is -0.159. The number of imide groups is 1. The molecule has 0 aliphatic carbocycles. The lowest BCUT2D eigenvalue weighted by molar-refractivity contribution is 0.0966. The summed E-state index contributed by atoms with van der Waals surface area (Å²) >= 11 is 0. The van der Waals surface area contributed by atoms with Crippen molar-refractivity contribution in [3.8, 4) is 0 Å². The smallest absolute Gasteiger partial charge is 0.291 e. The molecule has 3 aromatic rings. The van der Waals surface area contributed by atoms with Crippen LogP contribution in [0.4, 0.5) is 10.6 Å². The van der Waals surface area contributed by atoms with Crippen molar-refractivity contribution >= 4 is 28.8 Å². The van der Waals surface area contributed by atoms with E-state index in [9.17, 15) is 9.59 Å². The van der Waals surface area contributed by atoms with E-state index in [1.54, 1.807) is 0 Å². The number of fused-ring (bicyclic) bond motifs is 1. The van der Waals surface area contributed by atoms with E-state index < -0.39 is 11.9 Å². The standard InChI is InChI=1S/C20H20N4O2/c1-4-14-8-9-15-16(10-14)21-11-17(22-15)23-20(26)24-19(25)18-12(2)6-5-7-13(18)3/h5-11H,4H2,1-3H3,(H2,22,23,24,25,26). The first-order valence-electron chi connectivity index (χ1n) is 8.42. The molecular formula is C20H20N4O2. The topological polar surface area (TPSA) is 84.0 Å². The summed E-state index contributed by atoms with van der Waals surface area (Å²) in [6, 6.07) is 10.7. The number of carbonyl (C=O) groups excluding carboxylic acids is 2. The molecular weight excluding hydrogens is 328 g/mol. The highest BCUT2D eigenvalue weighted by Gasteiger charge is 2.15. The molecule has 6 nitrogen and oxygen atoms in total. The minimum absolute atomic E-state index is 0.286. The first kappa shape index (κ1) is 17.5. The maximum Gasteiger partial charge on any atom is 0.327 e. The number of nitrogens with zero attached hydrogens (tertiary/aromatic N) is 2. The summed E-state index contributed by atoms with van der Waals surface area (Å²) in [5.41, 5.74) is 4.74. The van der Waals surface area contributed by atoms with E-state index in [1.165, 1.54) is 11.8 Å². The van der Waals surface area contributed by atoms with Gasteiger partial charge in [0.05, 0.1) is 17.2 Å². The molecule has 0 atom stereocenters. The van der Waals surface area contributed by atoms with Crippen LogP contribution in [-0.2, 0) is 6.42 Å². The predicted octanol–water partition coefficient (Wildman–Crippen LogP) is 3.77. The summed E-state index contributed by atoms with van der Waals surface area (Å²) in [5, 5.41) is 4.89. The van der Waals surface area contributed by atoms with Gasteiger partial charge in [-0.15, -0.1) is 0 Å². The van der Waals surface area contributed by atoms with E-state index >= 15 is 0 Å². The lowest BCUT2D eigenvalue weighted by Crippen LogP contribution is -2.35. The van der Waals surface area contributed by atoms with E-state index in [2.05, 4.69) is 27.5 Å². The average Bonchev–Trinajstić information content (AvgIpc) is 2.61. The average molecular weight is 348 g/mol. The quantitative estimate of drug-likeness (QED) is 0.754. The van der Waals surface area contributed by atoms with Gasteiger partial charge in [-0.2, -0.15) is 0 Å². The van der Waals surface area contributed by atoms with Crippen LogP contribution in [0, 0.1) is 13.8 Å². The summed E-state index contributed by atoms with van der Waals surface area (Å²) in [7, 11) is 0. The van der Waals surface area contributed by atoms with E-state index in [4.69, 9.17) is 0 Å². The summed E-state index contributed by atoms with van der Waals surface area (Å²) in [6.45, 7) is 5.74. The third kappa shape index (κ3) is 3.69. The fourth-order valence-corrected chi connectivity index (χ4v) is 2.82. The lowest BCUT2D eigenvalue weighted by Gasteiger charge is -2.10. The van der Waals surface area contributed by atoms with Gasteiger partial charge in [-0.1, -0.05) is 31.2 Å². The molecule has 0 saturated heterocycles. The molecule has 3 amide bonds. The highest BCUT2D eigenvalue weighted by atomic mass is 16.2. The number of aryl methyl sites for hydroxylation is 3. The van der Waals surface area contributed by atoms with Crippen LogP contribution in [0.15, 0.2) is 42.6 Å². The highest BCUT2D eigenvalue weighted by molar-refractivity contribution is 6.09. The highest BCUT2D eigenvalue weighted by Crippen LogP contribution is 2.15. The van der Waals surface area contributed by atoms with Gasteiger partial charge in [-0.05, 0) is 49.1 Å². The Morgan fingerprint density at radius 2 is 1.77 bits per heavy atom. The number of anilines is 1. The Morgan fingerprint density at radius 1 is 1.04 bits per heavy atom. The van der Waals surface area contributed by atoms with Crippen molar-refractivity contribution in [3.63, 3.8) is 0 Å². The van der Waals surface area contributed by atoms with Gasteiger partial charge in [0.15, 0.2) is 5.82 Å². The Bertz CT molecular complexity index is 978. The molecule has 0 unspecified atom stereocenters.